The van der Waals surface area contributed by atoms with Crippen LogP contribution in [-0.4, -0.2) is 20.6 Å². The number of aliphatic imine (C=N–C) groups is 1. The van der Waals surface area contributed by atoms with Crippen LogP contribution in [0.2, 0.25) is 0 Å². The Morgan fingerprint density at radius 1 is 1.17 bits per heavy atom. The van der Waals surface area contributed by atoms with Crippen LogP contribution in [-0.2, 0) is 12.1 Å². The fourth-order valence-corrected chi connectivity index (χ4v) is 3.19. The van der Waals surface area contributed by atoms with Gasteiger partial charge in [-0.1, -0.05) is 6.07 Å². The van der Waals surface area contributed by atoms with Gasteiger partial charge in [0.05, 0.1) is 17.6 Å². The van der Waals surface area contributed by atoms with E-state index in [4.69, 9.17) is 5.10 Å². The zero-order valence-corrected chi connectivity index (χ0v) is 14.5. The third kappa shape index (κ3) is 2.37. The van der Waals surface area contributed by atoms with Crippen LogP contribution in [0, 0.1) is 6.92 Å². The van der Waals surface area contributed by atoms with Crippen molar-refractivity contribution in [1.29, 1.82) is 0 Å². The SMILES string of the molecule is Cc1c2cc(NC3=NCc4cccnc43)ccc2nn1C(C)(C)C. The Hall–Kier alpha value is -2.69. The second kappa shape index (κ2) is 5.16. The van der Waals surface area contributed by atoms with Crippen LogP contribution in [0.1, 0.15) is 37.7 Å². The maximum Gasteiger partial charge on any atom is 0.152 e. The molecule has 0 saturated carbocycles. The van der Waals surface area contributed by atoms with Gasteiger partial charge >= 0.3 is 0 Å². The van der Waals surface area contributed by atoms with Crippen molar-refractivity contribution in [2.24, 2.45) is 4.99 Å². The van der Waals surface area contributed by atoms with E-state index in [1.54, 1.807) is 0 Å². The molecule has 4 rings (SSSR count). The summed E-state index contributed by atoms with van der Waals surface area (Å²) >= 11 is 0. The summed E-state index contributed by atoms with van der Waals surface area (Å²) in [4.78, 5) is 9.01. The van der Waals surface area contributed by atoms with E-state index in [1.807, 2.05) is 18.3 Å². The third-order valence-electron chi connectivity index (χ3n) is 4.33. The standard InChI is InChI=1S/C19H21N5/c1-12-15-10-14(7-8-16(15)23-24(12)19(2,3)4)22-18-17-13(11-21-18)6-5-9-20-17/h5-10H,11H2,1-4H3,(H,21,22). The average Bonchev–Trinajstić information content (AvgIpc) is 3.10. The summed E-state index contributed by atoms with van der Waals surface area (Å²) in [5.74, 6) is 0.839. The molecule has 0 saturated heterocycles. The van der Waals surface area contributed by atoms with E-state index >= 15 is 0 Å². The smallest absolute Gasteiger partial charge is 0.152 e. The highest BCUT2D eigenvalue weighted by Crippen LogP contribution is 2.27. The van der Waals surface area contributed by atoms with Gasteiger partial charge in [0.15, 0.2) is 5.84 Å². The third-order valence-corrected chi connectivity index (χ3v) is 4.33. The molecule has 0 radical (unpaired) electrons. The van der Waals surface area contributed by atoms with Crippen LogP contribution >= 0.6 is 0 Å². The molecular formula is C19H21N5. The van der Waals surface area contributed by atoms with E-state index in [0.29, 0.717) is 6.54 Å². The molecule has 24 heavy (non-hydrogen) atoms. The summed E-state index contributed by atoms with van der Waals surface area (Å²) in [6, 6.07) is 10.3. The molecule has 0 aliphatic carbocycles. The number of amidine groups is 1. The van der Waals surface area contributed by atoms with Gasteiger partial charge in [-0.05, 0) is 52.0 Å². The number of aromatic nitrogens is 3. The number of benzene rings is 1. The summed E-state index contributed by atoms with van der Waals surface area (Å²) in [5, 5.41) is 9.32. The fraction of sp³-hybridized carbons (Fsp3) is 0.316. The van der Waals surface area contributed by atoms with Crippen LogP contribution in [0.5, 0.6) is 0 Å². The lowest BCUT2D eigenvalue weighted by Gasteiger charge is -2.21. The molecule has 0 bridgehead atoms. The molecule has 1 aliphatic rings. The van der Waals surface area contributed by atoms with Crippen LogP contribution in [0.15, 0.2) is 41.5 Å². The van der Waals surface area contributed by atoms with Gasteiger partial charge in [0.2, 0.25) is 0 Å². The molecule has 122 valence electrons. The number of rotatable bonds is 1. The molecule has 1 N–H and O–H groups in total. The van der Waals surface area contributed by atoms with Gasteiger partial charge in [0.1, 0.15) is 5.69 Å². The average molecular weight is 319 g/mol. The second-order valence-electron chi connectivity index (χ2n) is 7.20. The van der Waals surface area contributed by atoms with E-state index < -0.39 is 0 Å². The van der Waals surface area contributed by atoms with Gasteiger partial charge in [-0.15, -0.1) is 0 Å². The van der Waals surface area contributed by atoms with E-state index in [1.165, 1.54) is 5.69 Å². The van der Waals surface area contributed by atoms with Crippen LogP contribution < -0.4 is 5.32 Å². The lowest BCUT2D eigenvalue weighted by atomic mass is 10.1. The van der Waals surface area contributed by atoms with Crippen molar-refractivity contribution in [2.45, 2.75) is 39.8 Å². The molecule has 5 heteroatoms. The molecular weight excluding hydrogens is 298 g/mol. The zero-order valence-electron chi connectivity index (χ0n) is 14.5. The van der Waals surface area contributed by atoms with E-state index in [2.05, 4.69) is 65.9 Å². The van der Waals surface area contributed by atoms with Crippen molar-refractivity contribution in [1.82, 2.24) is 14.8 Å². The maximum absolute atomic E-state index is 4.74. The molecule has 3 aromatic rings. The van der Waals surface area contributed by atoms with E-state index in [-0.39, 0.29) is 5.54 Å². The predicted molar refractivity (Wildman–Crippen MR) is 97.6 cm³/mol. The summed E-state index contributed by atoms with van der Waals surface area (Å²) in [5.41, 5.74) is 5.27. The van der Waals surface area contributed by atoms with Crippen molar-refractivity contribution in [2.75, 3.05) is 5.32 Å². The monoisotopic (exact) mass is 319 g/mol. The number of anilines is 1. The number of nitrogens with one attached hydrogen (secondary N) is 1. The van der Waals surface area contributed by atoms with Crippen molar-refractivity contribution in [3.63, 3.8) is 0 Å². The minimum Gasteiger partial charge on any atom is -0.339 e. The summed E-state index contributed by atoms with van der Waals surface area (Å²) < 4.78 is 2.09. The normalized spacial score (nSPS) is 13.9. The van der Waals surface area contributed by atoms with Gasteiger partial charge < -0.3 is 5.32 Å². The Bertz CT molecular complexity index is 960. The van der Waals surface area contributed by atoms with Crippen LogP contribution in [0.4, 0.5) is 5.69 Å². The molecule has 5 nitrogen and oxygen atoms in total. The fourth-order valence-electron chi connectivity index (χ4n) is 3.19. The van der Waals surface area contributed by atoms with Gasteiger partial charge in [-0.25, -0.2) is 0 Å². The van der Waals surface area contributed by atoms with E-state index in [9.17, 15) is 0 Å². The van der Waals surface area contributed by atoms with Crippen LogP contribution in [0.3, 0.4) is 0 Å². The predicted octanol–water partition coefficient (Wildman–Crippen LogP) is 3.87. The second-order valence-corrected chi connectivity index (χ2v) is 7.20. The topological polar surface area (TPSA) is 55.1 Å². The Labute approximate surface area is 141 Å². The number of hydrogen-bond acceptors (Lipinski definition) is 4. The minimum atomic E-state index is -0.0326. The molecule has 0 fully saturated rings. The number of fused-ring (bicyclic) bond motifs is 2. The van der Waals surface area contributed by atoms with Crippen LogP contribution in [0.25, 0.3) is 10.9 Å². The van der Waals surface area contributed by atoms with Gasteiger partial charge in [-0.2, -0.15) is 5.10 Å². The molecule has 0 amide bonds. The van der Waals surface area contributed by atoms with E-state index in [0.717, 1.165) is 33.7 Å². The summed E-state index contributed by atoms with van der Waals surface area (Å²) in [6.07, 6.45) is 1.81. The van der Waals surface area contributed by atoms with Gasteiger partial charge in [0, 0.05) is 28.5 Å². The van der Waals surface area contributed by atoms with Crippen molar-refractivity contribution in [3.05, 3.63) is 53.5 Å². The highest BCUT2D eigenvalue weighted by molar-refractivity contribution is 6.09. The Kier molecular flexibility index (Phi) is 3.20. The first-order valence-electron chi connectivity index (χ1n) is 8.19. The number of pyridine rings is 1. The first kappa shape index (κ1) is 14.9. The lowest BCUT2D eigenvalue weighted by Crippen LogP contribution is -2.24. The molecule has 0 unspecified atom stereocenters. The Balaban J connectivity index is 1.71. The summed E-state index contributed by atoms with van der Waals surface area (Å²) in [6.45, 7) is 9.31. The molecule has 1 aromatic carbocycles. The number of aryl methyl sites for hydroxylation is 1. The highest BCUT2D eigenvalue weighted by Gasteiger charge is 2.20. The Morgan fingerprint density at radius 2 is 2.00 bits per heavy atom. The molecule has 1 aliphatic heterocycles. The molecule has 0 spiro atoms. The van der Waals surface area contributed by atoms with Gasteiger partial charge in [0.25, 0.3) is 0 Å². The lowest BCUT2D eigenvalue weighted by molar-refractivity contribution is 0.351. The minimum absolute atomic E-state index is 0.0326. The highest BCUT2D eigenvalue weighted by atomic mass is 15.3. The number of nitrogens with zero attached hydrogens (tertiary/aromatic N) is 4. The summed E-state index contributed by atoms with van der Waals surface area (Å²) in [7, 11) is 0. The Morgan fingerprint density at radius 3 is 2.79 bits per heavy atom. The number of hydrogen-bond donors (Lipinski definition) is 1. The largest absolute Gasteiger partial charge is 0.339 e. The zero-order chi connectivity index (χ0) is 16.9. The molecule has 2 aromatic heterocycles. The van der Waals surface area contributed by atoms with Crippen molar-refractivity contribution in [3.8, 4) is 0 Å². The van der Waals surface area contributed by atoms with Gasteiger partial charge in [-0.3, -0.25) is 14.7 Å². The molecule has 3 heterocycles. The quantitative estimate of drug-likeness (QED) is 0.741. The van der Waals surface area contributed by atoms with Crippen molar-refractivity contribution < 1.29 is 0 Å². The van der Waals surface area contributed by atoms with Crippen molar-refractivity contribution >= 4 is 22.4 Å². The molecule has 0 atom stereocenters. The first-order chi connectivity index (χ1) is 11.4. The first-order valence-corrected chi connectivity index (χ1v) is 8.19. The maximum atomic E-state index is 4.74.